The van der Waals surface area contributed by atoms with E-state index >= 15 is 0 Å². The number of rotatable bonds is 4. The number of fused-ring (bicyclic) bond motifs is 4. The highest BCUT2D eigenvalue weighted by Crippen LogP contribution is 2.27. The molecule has 1 aliphatic heterocycles. The lowest BCUT2D eigenvalue weighted by Gasteiger charge is -2.35. The Morgan fingerprint density at radius 1 is 1.00 bits per heavy atom. The molecule has 1 aliphatic rings. The van der Waals surface area contributed by atoms with Gasteiger partial charge in [0.05, 0.1) is 12.1 Å². The van der Waals surface area contributed by atoms with E-state index in [1.54, 1.807) is 9.20 Å². The Morgan fingerprint density at radius 3 is 2.60 bits per heavy atom. The van der Waals surface area contributed by atoms with Crippen LogP contribution in [0.5, 0.6) is 0 Å². The number of hydrogen-bond donors (Lipinski definition) is 2. The van der Waals surface area contributed by atoms with Crippen molar-refractivity contribution in [2.45, 2.75) is 6.61 Å². The number of hydrogen-bond acceptors (Lipinski definition) is 8. The molecule has 0 unspecified atom stereocenters. The van der Waals surface area contributed by atoms with Gasteiger partial charge >= 0.3 is 0 Å². The first-order valence-corrected chi connectivity index (χ1v) is 11.6. The summed E-state index contributed by atoms with van der Waals surface area (Å²) in [5.41, 5.74) is 4.23. The summed E-state index contributed by atoms with van der Waals surface area (Å²) in [6.45, 7) is 3.77. The Balaban J connectivity index is 1.37. The van der Waals surface area contributed by atoms with Crippen molar-refractivity contribution in [2.75, 3.05) is 43.4 Å². The van der Waals surface area contributed by atoms with Crippen molar-refractivity contribution < 1.29 is 5.11 Å². The zero-order valence-electron chi connectivity index (χ0n) is 19.6. The monoisotopic (exact) mass is 470 g/mol. The molecule has 1 fully saturated rings. The van der Waals surface area contributed by atoms with Crippen LogP contribution in [-0.4, -0.2) is 67.4 Å². The number of piperazine rings is 1. The molecule has 0 amide bonds. The van der Waals surface area contributed by atoms with E-state index in [4.69, 9.17) is 4.98 Å². The zero-order chi connectivity index (χ0) is 24.1. The molecular formula is C25H26N8O2. The average molecular weight is 471 g/mol. The van der Waals surface area contributed by atoms with Crippen LogP contribution in [0.15, 0.2) is 53.5 Å². The highest BCUT2D eigenvalue weighted by molar-refractivity contribution is 5.94. The smallest absolute Gasteiger partial charge is 0.283 e. The summed E-state index contributed by atoms with van der Waals surface area (Å²) in [7, 11) is 3.96. The maximum Gasteiger partial charge on any atom is 0.283 e. The summed E-state index contributed by atoms with van der Waals surface area (Å²) in [5.74, 6) is 0.338. The molecule has 4 heterocycles. The van der Waals surface area contributed by atoms with Gasteiger partial charge in [0.15, 0.2) is 11.3 Å². The van der Waals surface area contributed by atoms with Gasteiger partial charge in [0.2, 0.25) is 5.95 Å². The molecule has 0 atom stereocenters. The Kier molecular flexibility index (Phi) is 5.12. The van der Waals surface area contributed by atoms with Gasteiger partial charge in [0, 0.05) is 61.7 Å². The zero-order valence-corrected chi connectivity index (χ0v) is 19.6. The van der Waals surface area contributed by atoms with E-state index in [9.17, 15) is 9.90 Å². The van der Waals surface area contributed by atoms with Crippen LogP contribution in [0.3, 0.4) is 0 Å². The lowest BCUT2D eigenvalue weighted by atomic mass is 10.1. The maximum absolute atomic E-state index is 13.2. The van der Waals surface area contributed by atoms with Gasteiger partial charge in [-0.1, -0.05) is 12.1 Å². The van der Waals surface area contributed by atoms with Crippen molar-refractivity contribution >= 4 is 44.9 Å². The van der Waals surface area contributed by atoms with E-state index in [2.05, 4.69) is 32.1 Å². The number of anilines is 3. The minimum absolute atomic E-state index is 0.0623. The summed E-state index contributed by atoms with van der Waals surface area (Å²) in [5, 5.41) is 14.4. The number of aliphatic hydroxyl groups is 1. The molecule has 0 bridgehead atoms. The summed E-state index contributed by atoms with van der Waals surface area (Å²) < 4.78 is 3.35. The Morgan fingerprint density at radius 2 is 1.80 bits per heavy atom. The van der Waals surface area contributed by atoms with Crippen molar-refractivity contribution in [3.8, 4) is 0 Å². The van der Waals surface area contributed by atoms with E-state index in [-0.39, 0.29) is 12.2 Å². The summed E-state index contributed by atoms with van der Waals surface area (Å²) in [6, 6.07) is 13.6. The molecule has 0 radical (unpaired) electrons. The number of aliphatic hydroxyl groups excluding tert-OH is 1. The third-order valence-corrected chi connectivity index (χ3v) is 6.75. The van der Waals surface area contributed by atoms with Crippen LogP contribution >= 0.6 is 0 Å². The highest BCUT2D eigenvalue weighted by Gasteiger charge is 2.18. The molecular weight excluding hydrogens is 444 g/mol. The van der Waals surface area contributed by atoms with E-state index < -0.39 is 0 Å². The normalized spacial score (nSPS) is 14.9. The number of likely N-dealkylation sites (N-methyl/N-ethyl adjacent to an activating group) is 1. The van der Waals surface area contributed by atoms with E-state index in [1.807, 2.05) is 49.5 Å². The number of nitrogens with zero attached hydrogens (tertiary/aromatic N) is 7. The molecule has 5 aromatic rings. The molecule has 0 spiro atoms. The van der Waals surface area contributed by atoms with Crippen molar-refractivity contribution in [3.05, 3.63) is 64.6 Å². The Labute approximate surface area is 201 Å². The van der Waals surface area contributed by atoms with Crippen LogP contribution in [0.25, 0.3) is 27.6 Å². The molecule has 3 aromatic heterocycles. The quantitative estimate of drug-likeness (QED) is 0.412. The predicted molar refractivity (Wildman–Crippen MR) is 136 cm³/mol. The second-order valence-corrected chi connectivity index (χ2v) is 8.94. The number of nitrogens with one attached hydrogen (secondary N) is 1. The summed E-state index contributed by atoms with van der Waals surface area (Å²) >= 11 is 0. The minimum Gasteiger partial charge on any atom is -0.392 e. The topological polar surface area (TPSA) is 104 Å². The molecule has 0 aliphatic carbocycles. The van der Waals surface area contributed by atoms with Crippen molar-refractivity contribution in [3.63, 3.8) is 0 Å². The predicted octanol–water partition coefficient (Wildman–Crippen LogP) is 2.12. The Bertz CT molecular complexity index is 1630. The third kappa shape index (κ3) is 3.58. The van der Waals surface area contributed by atoms with Crippen molar-refractivity contribution in [2.24, 2.45) is 7.05 Å². The van der Waals surface area contributed by atoms with Gasteiger partial charge in [-0.25, -0.2) is 9.97 Å². The van der Waals surface area contributed by atoms with E-state index in [0.717, 1.165) is 54.0 Å². The first-order valence-electron chi connectivity index (χ1n) is 11.6. The molecule has 0 saturated carbocycles. The van der Waals surface area contributed by atoms with E-state index in [1.165, 1.54) is 6.20 Å². The molecule has 6 rings (SSSR count). The second-order valence-electron chi connectivity index (χ2n) is 8.94. The molecule has 10 heteroatoms. The van der Waals surface area contributed by atoms with Gasteiger partial charge in [-0.05, 0) is 37.4 Å². The summed E-state index contributed by atoms with van der Waals surface area (Å²) in [6.07, 6.45) is 1.51. The van der Waals surface area contributed by atoms with Crippen LogP contribution < -0.4 is 15.8 Å². The molecule has 178 valence electrons. The van der Waals surface area contributed by atoms with Crippen LogP contribution in [0, 0.1) is 0 Å². The molecule has 2 N–H and O–H groups in total. The number of aromatic nitrogens is 5. The lowest BCUT2D eigenvalue weighted by Crippen LogP contribution is -2.44. The van der Waals surface area contributed by atoms with Gasteiger partial charge < -0.3 is 20.2 Å². The molecule has 2 aromatic carbocycles. The molecule has 1 saturated heterocycles. The highest BCUT2D eigenvalue weighted by atomic mass is 16.3. The van der Waals surface area contributed by atoms with Crippen LogP contribution in [-0.2, 0) is 13.7 Å². The van der Waals surface area contributed by atoms with Gasteiger partial charge in [0.25, 0.3) is 5.56 Å². The van der Waals surface area contributed by atoms with Crippen LogP contribution in [0.2, 0.25) is 0 Å². The Hall–Kier alpha value is -4.02. The van der Waals surface area contributed by atoms with Gasteiger partial charge in [-0.15, -0.1) is 0 Å². The first kappa shape index (κ1) is 21.5. The van der Waals surface area contributed by atoms with E-state index in [0.29, 0.717) is 22.6 Å². The fourth-order valence-electron chi connectivity index (χ4n) is 4.81. The molecule has 35 heavy (non-hydrogen) atoms. The fraction of sp³-hybridized carbons (Fsp3) is 0.280. The van der Waals surface area contributed by atoms with Gasteiger partial charge in [-0.3, -0.25) is 9.48 Å². The maximum atomic E-state index is 13.2. The lowest BCUT2D eigenvalue weighted by molar-refractivity contribution is 0.280. The number of benzene rings is 2. The number of para-hydroxylation sites is 1. The largest absolute Gasteiger partial charge is 0.392 e. The van der Waals surface area contributed by atoms with Gasteiger partial charge in [0.1, 0.15) is 5.39 Å². The summed E-state index contributed by atoms with van der Waals surface area (Å²) in [4.78, 5) is 31.4. The van der Waals surface area contributed by atoms with Crippen molar-refractivity contribution in [1.82, 2.24) is 29.0 Å². The van der Waals surface area contributed by atoms with Crippen molar-refractivity contribution in [1.29, 1.82) is 0 Å². The van der Waals surface area contributed by atoms with Crippen LogP contribution in [0.4, 0.5) is 17.3 Å². The standard InChI is InChI=1S/C25H26N8O2/c1-30-9-11-32(12-10-30)20-8-7-17(13-16(20)15-34)27-25-26-14-19-22(29-25)28-23-18-5-3-4-6-21(18)31(2)33(23)24(19)35/h3-8,13-14,34H,9-12,15H2,1-2H3,(H,26,27,29). The third-order valence-electron chi connectivity index (χ3n) is 6.75. The van der Waals surface area contributed by atoms with Crippen LogP contribution in [0.1, 0.15) is 5.56 Å². The second kappa shape index (κ2) is 8.33. The molecule has 10 nitrogen and oxygen atoms in total. The fourth-order valence-corrected chi connectivity index (χ4v) is 4.81. The SMILES string of the molecule is CN1CCN(c2ccc(Nc3ncc4c(=O)n5c(nc4n3)c3ccccc3n5C)cc2CO)CC1. The van der Waals surface area contributed by atoms with Gasteiger partial charge in [-0.2, -0.15) is 9.50 Å². The minimum atomic E-state index is -0.214. The number of aryl methyl sites for hydroxylation is 1. The average Bonchev–Trinajstić information content (AvgIpc) is 3.16. The first-order chi connectivity index (χ1) is 17.0.